The summed E-state index contributed by atoms with van der Waals surface area (Å²) in [5.41, 5.74) is 2.32. The number of aromatic nitrogens is 1. The fourth-order valence-electron chi connectivity index (χ4n) is 2.68. The molecule has 2 heterocycles. The van der Waals surface area contributed by atoms with Crippen molar-refractivity contribution >= 4 is 28.8 Å². The molecule has 2 aromatic heterocycles. The lowest BCUT2D eigenvalue weighted by Crippen LogP contribution is -2.30. The maximum absolute atomic E-state index is 12.8. The number of carbonyl (C=O) groups excluding carboxylic acids is 1. The minimum atomic E-state index is -0.351. The van der Waals surface area contributed by atoms with Gasteiger partial charge in [0.05, 0.1) is 18.2 Å². The molecule has 0 saturated carbocycles. The molecule has 0 saturated heterocycles. The molecule has 8 heteroatoms. The van der Waals surface area contributed by atoms with Gasteiger partial charge in [-0.25, -0.2) is 0 Å². The Bertz CT molecular complexity index is 895. The second kappa shape index (κ2) is 9.14. The molecule has 142 valence electrons. The van der Waals surface area contributed by atoms with Gasteiger partial charge in [-0.1, -0.05) is 35.0 Å². The molecule has 0 aliphatic carbocycles. The highest BCUT2D eigenvalue weighted by Gasteiger charge is 2.24. The van der Waals surface area contributed by atoms with E-state index in [2.05, 4.69) is 10.5 Å². The highest BCUT2D eigenvalue weighted by atomic mass is 35.5. The summed E-state index contributed by atoms with van der Waals surface area (Å²) in [6.07, 6.45) is -0.351. The first-order chi connectivity index (χ1) is 13.1. The number of ether oxygens (including phenoxy) is 1. The molecule has 0 aliphatic heterocycles. The van der Waals surface area contributed by atoms with Gasteiger partial charge in [-0.05, 0) is 35.4 Å². The number of nitrogens with one attached hydrogen (secondary N) is 1. The molecule has 1 amide bonds. The quantitative estimate of drug-likeness (QED) is 0.593. The molecule has 0 bridgehead atoms. The lowest BCUT2D eigenvalue weighted by atomic mass is 10.1. The summed E-state index contributed by atoms with van der Waals surface area (Å²) in [6, 6.07) is 9.08. The smallest absolute Gasteiger partial charge is 0.257 e. The first-order valence-corrected chi connectivity index (χ1v) is 9.67. The summed E-state index contributed by atoms with van der Waals surface area (Å²) in [5, 5.41) is 20.3. The van der Waals surface area contributed by atoms with Crippen molar-refractivity contribution in [2.45, 2.75) is 13.0 Å². The molecule has 0 radical (unpaired) electrons. The largest absolute Gasteiger partial charge is 0.394 e. The Morgan fingerprint density at radius 2 is 2.22 bits per heavy atom. The van der Waals surface area contributed by atoms with E-state index < -0.39 is 0 Å². The third kappa shape index (κ3) is 4.56. The molecule has 2 N–H and O–H groups in total. The molecule has 0 spiro atoms. The molecule has 0 aliphatic rings. The van der Waals surface area contributed by atoms with E-state index in [0.29, 0.717) is 27.6 Å². The number of benzene rings is 1. The van der Waals surface area contributed by atoms with Gasteiger partial charge >= 0.3 is 0 Å². The van der Waals surface area contributed by atoms with Crippen LogP contribution in [-0.2, 0) is 4.74 Å². The van der Waals surface area contributed by atoms with Crippen molar-refractivity contribution < 1.29 is 19.2 Å². The van der Waals surface area contributed by atoms with Crippen molar-refractivity contribution in [3.05, 3.63) is 63.0 Å². The van der Waals surface area contributed by atoms with Gasteiger partial charge in [0.25, 0.3) is 5.91 Å². The van der Waals surface area contributed by atoms with E-state index >= 15 is 0 Å². The number of hydrogen-bond acceptors (Lipinski definition) is 6. The van der Waals surface area contributed by atoms with E-state index in [1.807, 2.05) is 29.0 Å². The first-order valence-electron chi connectivity index (χ1n) is 8.35. The van der Waals surface area contributed by atoms with Gasteiger partial charge in [0, 0.05) is 12.1 Å². The molecule has 0 fully saturated rings. The van der Waals surface area contributed by atoms with Gasteiger partial charge in [0.1, 0.15) is 23.1 Å². The van der Waals surface area contributed by atoms with Crippen LogP contribution in [0.15, 0.2) is 45.6 Å². The second-order valence-electron chi connectivity index (χ2n) is 5.79. The highest BCUT2D eigenvalue weighted by Crippen LogP contribution is 2.31. The van der Waals surface area contributed by atoms with Gasteiger partial charge in [-0.2, -0.15) is 11.3 Å². The van der Waals surface area contributed by atoms with Crippen molar-refractivity contribution in [3.8, 4) is 11.3 Å². The number of thiophene rings is 1. The Balaban J connectivity index is 1.78. The minimum absolute atomic E-state index is 0.0873. The van der Waals surface area contributed by atoms with E-state index in [1.54, 1.807) is 30.4 Å². The van der Waals surface area contributed by atoms with Crippen LogP contribution in [0.4, 0.5) is 0 Å². The molecule has 3 aromatic rings. The van der Waals surface area contributed by atoms with E-state index in [-0.39, 0.29) is 31.8 Å². The normalized spacial score (nSPS) is 12.1. The zero-order valence-corrected chi connectivity index (χ0v) is 16.2. The number of carbonyl (C=O) groups is 1. The summed E-state index contributed by atoms with van der Waals surface area (Å²) >= 11 is 7.78. The number of rotatable bonds is 8. The van der Waals surface area contributed by atoms with Crippen molar-refractivity contribution in [2.75, 3.05) is 19.8 Å². The van der Waals surface area contributed by atoms with Crippen molar-refractivity contribution in [1.82, 2.24) is 10.5 Å². The number of amides is 1. The topological polar surface area (TPSA) is 84.6 Å². The standard InChI is InChI=1S/C19H19ClN2O4S/c1-12-17(18(22-26-12)14-4-2-3-5-15(14)20)19(24)21-10-16(25-8-7-23)13-6-9-27-11-13/h2-6,9,11,16,23H,7-8,10H2,1H3,(H,21,24). The van der Waals surface area contributed by atoms with Crippen LogP contribution in [0.3, 0.4) is 0 Å². The zero-order chi connectivity index (χ0) is 19.2. The Labute approximate surface area is 165 Å². The molecule has 6 nitrogen and oxygen atoms in total. The first kappa shape index (κ1) is 19.6. The van der Waals surface area contributed by atoms with Gasteiger partial charge in [0.15, 0.2) is 0 Å². The fraction of sp³-hybridized carbons (Fsp3) is 0.263. The highest BCUT2D eigenvalue weighted by molar-refractivity contribution is 7.07. The molecule has 1 atom stereocenters. The number of nitrogens with zero attached hydrogens (tertiary/aromatic N) is 1. The molecule has 3 rings (SSSR count). The van der Waals surface area contributed by atoms with Gasteiger partial charge < -0.3 is 19.7 Å². The van der Waals surface area contributed by atoms with Crippen LogP contribution in [0.5, 0.6) is 0 Å². The van der Waals surface area contributed by atoms with Gasteiger partial charge in [-0.3, -0.25) is 4.79 Å². The number of aliphatic hydroxyl groups excluding tert-OH is 1. The van der Waals surface area contributed by atoms with Crippen LogP contribution < -0.4 is 5.32 Å². The van der Waals surface area contributed by atoms with Crippen LogP contribution in [0.1, 0.15) is 27.8 Å². The number of aryl methyl sites for hydroxylation is 1. The third-order valence-electron chi connectivity index (χ3n) is 3.99. The maximum atomic E-state index is 12.8. The number of halogens is 1. The monoisotopic (exact) mass is 406 g/mol. The lowest BCUT2D eigenvalue weighted by molar-refractivity contribution is 0.0279. The van der Waals surface area contributed by atoms with Crippen molar-refractivity contribution in [1.29, 1.82) is 0 Å². The number of aliphatic hydroxyl groups is 1. The summed E-state index contributed by atoms with van der Waals surface area (Å²) < 4.78 is 10.9. The maximum Gasteiger partial charge on any atom is 0.257 e. The van der Waals surface area contributed by atoms with E-state index in [1.165, 1.54) is 0 Å². The lowest BCUT2D eigenvalue weighted by Gasteiger charge is -2.17. The predicted octanol–water partition coefficient (Wildman–Crippen LogP) is 3.84. The Morgan fingerprint density at radius 3 is 2.93 bits per heavy atom. The Kier molecular flexibility index (Phi) is 6.63. The van der Waals surface area contributed by atoms with Crippen molar-refractivity contribution in [2.24, 2.45) is 0 Å². The van der Waals surface area contributed by atoms with Gasteiger partial charge in [0.2, 0.25) is 0 Å². The Hall–Kier alpha value is -2.19. The summed E-state index contributed by atoms with van der Waals surface area (Å²) in [5.74, 6) is 0.0854. The summed E-state index contributed by atoms with van der Waals surface area (Å²) in [6.45, 7) is 2.03. The summed E-state index contributed by atoms with van der Waals surface area (Å²) in [4.78, 5) is 12.8. The molecular formula is C19H19ClN2O4S. The van der Waals surface area contributed by atoms with Gasteiger partial charge in [-0.15, -0.1) is 0 Å². The van der Waals surface area contributed by atoms with Crippen LogP contribution in [0.2, 0.25) is 5.02 Å². The number of hydrogen-bond donors (Lipinski definition) is 2. The van der Waals surface area contributed by atoms with E-state index in [0.717, 1.165) is 5.56 Å². The van der Waals surface area contributed by atoms with E-state index in [4.69, 9.17) is 26.0 Å². The predicted molar refractivity (Wildman–Crippen MR) is 104 cm³/mol. The van der Waals surface area contributed by atoms with Crippen LogP contribution in [0.25, 0.3) is 11.3 Å². The minimum Gasteiger partial charge on any atom is -0.394 e. The van der Waals surface area contributed by atoms with Crippen LogP contribution >= 0.6 is 22.9 Å². The van der Waals surface area contributed by atoms with Crippen molar-refractivity contribution in [3.63, 3.8) is 0 Å². The average molecular weight is 407 g/mol. The third-order valence-corrected chi connectivity index (χ3v) is 5.02. The van der Waals surface area contributed by atoms with Crippen LogP contribution in [-0.4, -0.2) is 35.9 Å². The van der Waals surface area contributed by atoms with E-state index in [9.17, 15) is 4.79 Å². The summed E-state index contributed by atoms with van der Waals surface area (Å²) in [7, 11) is 0. The second-order valence-corrected chi connectivity index (χ2v) is 6.98. The molecule has 1 unspecified atom stereocenters. The Morgan fingerprint density at radius 1 is 1.41 bits per heavy atom. The average Bonchev–Trinajstić information content (AvgIpc) is 3.32. The fourth-order valence-corrected chi connectivity index (χ4v) is 3.60. The SMILES string of the molecule is Cc1onc(-c2ccccc2Cl)c1C(=O)NCC(OCCO)c1ccsc1. The van der Waals surface area contributed by atoms with Crippen LogP contribution in [0, 0.1) is 6.92 Å². The molecule has 1 aromatic carbocycles. The zero-order valence-electron chi connectivity index (χ0n) is 14.6. The molecule has 27 heavy (non-hydrogen) atoms. The molecular weight excluding hydrogens is 388 g/mol.